The summed E-state index contributed by atoms with van der Waals surface area (Å²) in [6, 6.07) is -3.50. The molecule has 3 N–H and O–H groups in total. The summed E-state index contributed by atoms with van der Waals surface area (Å²) in [4.78, 5) is 52.6. The Balaban J connectivity index is 2.11. The van der Waals surface area contributed by atoms with Crippen molar-refractivity contribution in [2.24, 2.45) is 23.2 Å². The van der Waals surface area contributed by atoms with Gasteiger partial charge in [-0.25, -0.2) is 8.78 Å². The van der Waals surface area contributed by atoms with Crippen LogP contribution in [0.5, 0.6) is 0 Å². The number of fused-ring (bicyclic) bond motifs is 3. The molecule has 0 unspecified atom stereocenters. The number of nitrogens with zero attached hydrogens (tertiary/aromatic N) is 2. The summed E-state index contributed by atoms with van der Waals surface area (Å²) >= 11 is 0. The first kappa shape index (κ1) is 30.6. The highest BCUT2D eigenvalue weighted by molar-refractivity contribution is 5.94. The number of halogens is 5. The fourth-order valence-electron chi connectivity index (χ4n) is 5.82. The van der Waals surface area contributed by atoms with Crippen molar-refractivity contribution in [2.45, 2.75) is 96.1 Å². The lowest BCUT2D eigenvalue weighted by Crippen LogP contribution is -2.64. The lowest BCUT2D eigenvalue weighted by molar-refractivity contribution is -0.182. The molecule has 0 aliphatic carbocycles. The minimum absolute atomic E-state index is 0.0657. The molecule has 3 aliphatic heterocycles. The van der Waals surface area contributed by atoms with Crippen LogP contribution in [0.25, 0.3) is 0 Å². The van der Waals surface area contributed by atoms with Gasteiger partial charge in [0, 0.05) is 24.9 Å². The SMILES string of the molecule is CC(C)[C@H]1CCN2C(=O)[C@@H](NC(=O)C(F)(F)F)C(C)(C)C(F)(F)CC[C@@H]3C[C@@H](C[C@@H](C#N)NC(=O)[C@H]12)C(=O)N3. The second-order valence-corrected chi connectivity index (χ2v) is 11.6. The highest BCUT2D eigenvalue weighted by Gasteiger charge is 2.58. The van der Waals surface area contributed by atoms with Crippen molar-refractivity contribution in [3.05, 3.63) is 0 Å². The molecule has 0 saturated carbocycles. The van der Waals surface area contributed by atoms with E-state index in [0.29, 0.717) is 0 Å². The maximum Gasteiger partial charge on any atom is 0.471 e. The van der Waals surface area contributed by atoms with Crippen LogP contribution in [-0.4, -0.2) is 71.3 Å². The normalized spacial score (nSPS) is 33.4. The predicted molar refractivity (Wildman–Crippen MR) is 127 cm³/mol. The van der Waals surface area contributed by atoms with Gasteiger partial charge in [-0.05, 0) is 37.5 Å². The topological polar surface area (TPSA) is 131 Å². The molecule has 3 rings (SSSR count). The molecule has 0 spiro atoms. The van der Waals surface area contributed by atoms with E-state index in [9.17, 15) is 37.6 Å². The van der Waals surface area contributed by atoms with Crippen molar-refractivity contribution in [3.8, 4) is 6.07 Å². The van der Waals surface area contributed by atoms with Crippen LogP contribution in [0.3, 0.4) is 0 Å². The summed E-state index contributed by atoms with van der Waals surface area (Å²) in [6.45, 7) is 5.22. The van der Waals surface area contributed by atoms with Crippen molar-refractivity contribution in [1.82, 2.24) is 20.9 Å². The van der Waals surface area contributed by atoms with Crippen molar-refractivity contribution in [1.29, 1.82) is 5.26 Å². The van der Waals surface area contributed by atoms with Crippen LogP contribution in [0.4, 0.5) is 22.0 Å². The molecule has 4 amide bonds. The second-order valence-electron chi connectivity index (χ2n) is 11.6. The lowest BCUT2D eigenvalue weighted by Gasteiger charge is -2.42. The first-order chi connectivity index (χ1) is 17.9. The molecule has 6 atom stereocenters. The summed E-state index contributed by atoms with van der Waals surface area (Å²) in [5.74, 6) is -10.2. The van der Waals surface area contributed by atoms with Crippen molar-refractivity contribution in [2.75, 3.05) is 6.54 Å². The first-order valence-corrected chi connectivity index (χ1v) is 13.0. The fourth-order valence-corrected chi connectivity index (χ4v) is 5.82. The van der Waals surface area contributed by atoms with E-state index in [4.69, 9.17) is 0 Å². The van der Waals surface area contributed by atoms with Gasteiger partial charge < -0.3 is 20.9 Å². The highest BCUT2D eigenvalue weighted by atomic mass is 19.4. The number of nitrogens with one attached hydrogen (secondary N) is 3. The lowest BCUT2D eigenvalue weighted by atomic mass is 9.75. The Kier molecular flexibility index (Phi) is 8.53. The van der Waals surface area contributed by atoms with Gasteiger partial charge in [-0.1, -0.05) is 27.7 Å². The van der Waals surface area contributed by atoms with Gasteiger partial charge in [0.15, 0.2) is 0 Å². The molecule has 0 aromatic carbocycles. The third-order valence-electron chi connectivity index (χ3n) is 8.38. The van der Waals surface area contributed by atoms with Gasteiger partial charge in [-0.2, -0.15) is 18.4 Å². The van der Waals surface area contributed by atoms with Crippen molar-refractivity contribution >= 4 is 23.6 Å². The zero-order valence-corrected chi connectivity index (χ0v) is 22.2. The Bertz CT molecular complexity index is 1040. The molecule has 3 fully saturated rings. The van der Waals surface area contributed by atoms with Crippen LogP contribution in [0.1, 0.15) is 59.8 Å². The van der Waals surface area contributed by atoms with Gasteiger partial charge in [0.1, 0.15) is 18.1 Å². The van der Waals surface area contributed by atoms with E-state index in [-0.39, 0.29) is 38.1 Å². The summed E-state index contributed by atoms with van der Waals surface area (Å²) in [5, 5.41) is 16.3. The van der Waals surface area contributed by atoms with E-state index in [1.165, 1.54) is 5.32 Å². The zero-order valence-electron chi connectivity index (χ0n) is 22.2. The van der Waals surface area contributed by atoms with Gasteiger partial charge in [-0.15, -0.1) is 0 Å². The van der Waals surface area contributed by atoms with Gasteiger partial charge >= 0.3 is 12.1 Å². The molecule has 3 heterocycles. The largest absolute Gasteiger partial charge is 0.471 e. The second kappa shape index (κ2) is 10.9. The molecule has 3 aliphatic rings. The van der Waals surface area contributed by atoms with Gasteiger partial charge in [-0.3, -0.25) is 19.2 Å². The Morgan fingerprint density at radius 2 is 1.74 bits per heavy atom. The monoisotopic (exact) mass is 563 g/mol. The van der Waals surface area contributed by atoms with Gasteiger partial charge in [0.05, 0.1) is 11.5 Å². The van der Waals surface area contributed by atoms with Crippen molar-refractivity contribution in [3.63, 3.8) is 0 Å². The molecule has 0 aromatic rings. The molecule has 39 heavy (non-hydrogen) atoms. The average Bonchev–Trinajstić information content (AvgIpc) is 3.42. The third-order valence-corrected chi connectivity index (χ3v) is 8.38. The Hall–Kier alpha value is -2.98. The smallest absolute Gasteiger partial charge is 0.353 e. The minimum Gasteiger partial charge on any atom is -0.353 e. The van der Waals surface area contributed by atoms with Crippen LogP contribution in [0, 0.1) is 34.5 Å². The Labute approximate surface area is 223 Å². The first-order valence-electron chi connectivity index (χ1n) is 13.0. The van der Waals surface area contributed by atoms with E-state index >= 15 is 8.78 Å². The number of hydrogen-bond donors (Lipinski definition) is 3. The van der Waals surface area contributed by atoms with E-state index in [1.54, 1.807) is 13.8 Å². The van der Waals surface area contributed by atoms with E-state index < -0.39 is 83.6 Å². The summed E-state index contributed by atoms with van der Waals surface area (Å²) in [6.07, 6.45) is -6.28. The van der Waals surface area contributed by atoms with Crippen molar-refractivity contribution < 1.29 is 41.1 Å². The van der Waals surface area contributed by atoms with Crippen LogP contribution in [-0.2, 0) is 19.2 Å². The van der Waals surface area contributed by atoms with Crippen LogP contribution >= 0.6 is 0 Å². The standard InChI is InChI=1S/C25H34F5N5O4/c1-12(2)16-6-8-35-17(16)20(37)33-15(11-31)10-13-9-14(32-19(13)36)5-7-24(26,27)23(3,4)18(21(35)38)34-22(39)25(28,29)30/h12-18H,5-10H2,1-4H3,(H,32,36)(H,33,37)(H,34,39)/t13-,14+,15-,16+,17-,18+/m0/s1. The summed E-state index contributed by atoms with van der Waals surface area (Å²) in [5.41, 5.74) is -2.51. The summed E-state index contributed by atoms with van der Waals surface area (Å²) < 4.78 is 71.1. The molecular formula is C25H34F5N5O4. The van der Waals surface area contributed by atoms with E-state index in [1.807, 2.05) is 6.07 Å². The molecule has 0 aromatic heterocycles. The average molecular weight is 564 g/mol. The predicted octanol–water partition coefficient (Wildman–Crippen LogP) is 2.27. The van der Waals surface area contributed by atoms with Crippen LogP contribution in [0.15, 0.2) is 0 Å². The highest BCUT2D eigenvalue weighted by Crippen LogP contribution is 2.45. The molecule has 14 heteroatoms. The van der Waals surface area contributed by atoms with E-state index in [2.05, 4.69) is 10.6 Å². The van der Waals surface area contributed by atoms with Gasteiger partial charge in [0.25, 0.3) is 5.92 Å². The maximum atomic E-state index is 15.7. The zero-order chi connectivity index (χ0) is 29.5. The number of hydrogen-bond acceptors (Lipinski definition) is 5. The number of carbonyl (C=O) groups is 4. The molecule has 3 saturated heterocycles. The number of carbonyl (C=O) groups excluding carboxylic acids is 4. The molecule has 218 valence electrons. The number of rotatable bonds is 2. The van der Waals surface area contributed by atoms with Gasteiger partial charge in [0.2, 0.25) is 17.7 Å². The molecule has 2 bridgehead atoms. The minimum atomic E-state index is -5.45. The Morgan fingerprint density at radius 1 is 1.10 bits per heavy atom. The quantitative estimate of drug-likeness (QED) is 0.444. The maximum absolute atomic E-state index is 15.7. The molecule has 9 nitrogen and oxygen atoms in total. The van der Waals surface area contributed by atoms with E-state index in [0.717, 1.165) is 18.7 Å². The number of amides is 4. The van der Waals surface area contributed by atoms with Crippen LogP contribution in [0.2, 0.25) is 0 Å². The Morgan fingerprint density at radius 3 is 2.31 bits per heavy atom. The molecular weight excluding hydrogens is 529 g/mol. The summed E-state index contributed by atoms with van der Waals surface area (Å²) in [7, 11) is 0. The van der Waals surface area contributed by atoms with Crippen LogP contribution < -0.4 is 16.0 Å². The number of nitriles is 1. The number of alkyl halides is 5. The third kappa shape index (κ3) is 6.11. The molecule has 0 radical (unpaired) electrons. The fraction of sp³-hybridized carbons (Fsp3) is 0.800.